The van der Waals surface area contributed by atoms with Crippen LogP contribution in [0.25, 0.3) is 0 Å². The van der Waals surface area contributed by atoms with E-state index in [0.29, 0.717) is 23.7 Å². The number of aliphatic hydroxyl groups is 2. The zero-order valence-corrected chi connectivity index (χ0v) is 19.8. The monoisotopic (exact) mass is 418 g/mol. The topological polar surface area (TPSA) is 66.8 Å². The summed E-state index contributed by atoms with van der Waals surface area (Å²) in [6, 6.07) is 0. The van der Waals surface area contributed by atoms with Gasteiger partial charge in [-0.2, -0.15) is 0 Å². The maximum atomic E-state index is 13.0. The lowest BCUT2D eigenvalue weighted by Gasteiger charge is -2.71. The summed E-state index contributed by atoms with van der Waals surface area (Å²) >= 11 is 0. The zero-order valence-electron chi connectivity index (χ0n) is 19.8. The third-order valence-corrected chi connectivity index (χ3v) is 11.6. The number of esters is 1. The van der Waals surface area contributed by atoms with Crippen molar-refractivity contribution in [3.63, 3.8) is 0 Å². The van der Waals surface area contributed by atoms with E-state index in [4.69, 9.17) is 4.74 Å². The third-order valence-electron chi connectivity index (χ3n) is 11.6. The van der Waals surface area contributed by atoms with E-state index in [0.717, 1.165) is 12.8 Å². The van der Waals surface area contributed by atoms with Crippen LogP contribution in [0, 0.1) is 51.2 Å². The van der Waals surface area contributed by atoms with E-state index in [2.05, 4.69) is 34.6 Å². The second kappa shape index (κ2) is 6.25. The largest absolute Gasteiger partial charge is 0.462 e. The zero-order chi connectivity index (χ0) is 21.9. The van der Waals surface area contributed by atoms with Gasteiger partial charge in [-0.15, -0.1) is 0 Å². The quantitative estimate of drug-likeness (QED) is 0.566. The third kappa shape index (κ3) is 2.39. The van der Waals surface area contributed by atoms with Crippen LogP contribution in [0.5, 0.6) is 0 Å². The second-order valence-corrected chi connectivity index (χ2v) is 13.2. The molecule has 2 N–H and O–H groups in total. The fourth-order valence-electron chi connectivity index (χ4n) is 10.4. The first kappa shape index (κ1) is 21.2. The molecule has 0 radical (unpaired) electrons. The molecule has 11 atom stereocenters. The Morgan fingerprint density at radius 2 is 1.57 bits per heavy atom. The molecule has 4 aliphatic carbocycles. The van der Waals surface area contributed by atoms with Crippen LogP contribution >= 0.6 is 0 Å². The molecule has 5 unspecified atom stereocenters. The van der Waals surface area contributed by atoms with Gasteiger partial charge in [0.15, 0.2) is 0 Å². The molecule has 1 saturated heterocycles. The summed E-state index contributed by atoms with van der Waals surface area (Å²) in [5.41, 5.74) is 0.110. The van der Waals surface area contributed by atoms with Crippen LogP contribution in [-0.2, 0) is 9.53 Å². The summed E-state index contributed by atoms with van der Waals surface area (Å²) in [7, 11) is 0. The summed E-state index contributed by atoms with van der Waals surface area (Å²) in [5, 5.41) is 22.9. The van der Waals surface area contributed by atoms with Crippen LogP contribution in [0.15, 0.2) is 0 Å². The van der Waals surface area contributed by atoms with Crippen molar-refractivity contribution in [2.75, 3.05) is 0 Å². The molecule has 0 aromatic carbocycles. The maximum absolute atomic E-state index is 13.0. The van der Waals surface area contributed by atoms with E-state index in [1.165, 1.54) is 25.7 Å². The van der Waals surface area contributed by atoms with Gasteiger partial charge in [-0.3, -0.25) is 4.79 Å². The highest BCUT2D eigenvalue weighted by Crippen LogP contribution is 2.74. The Hall–Kier alpha value is -0.610. The Labute approximate surface area is 182 Å². The summed E-state index contributed by atoms with van der Waals surface area (Å²) in [6.07, 6.45) is 6.35. The average molecular weight is 419 g/mol. The summed E-state index contributed by atoms with van der Waals surface area (Å²) in [5.74, 6) is 0.506. The SMILES string of the molecule is CC1OC(=O)[C@H]2C1[C@@H](O)CC1[C@]3(C)CCC4C(C)(C)CCC[C@]4(C)C3C[C@@H](O)[C@@]12C. The standard InChI is InChI=1S/C26H42O4/c1-14-20-15(27)12-18-25(5)11-8-16-23(2,3)9-7-10-24(16,4)17(25)13-19(28)26(18,6)21(20)22(29)30-14/h14-21,27-28H,7-13H2,1-6H3/t14?,15-,16?,17?,18?,19+,20?,21+,24-,25+,26+/m0/s1. The van der Waals surface area contributed by atoms with Gasteiger partial charge < -0.3 is 14.9 Å². The van der Waals surface area contributed by atoms with Crippen LogP contribution in [0.1, 0.15) is 86.5 Å². The van der Waals surface area contributed by atoms with Crippen LogP contribution in [0.3, 0.4) is 0 Å². The Bertz CT molecular complexity index is 747. The number of rotatable bonds is 0. The fraction of sp³-hybridized carbons (Fsp3) is 0.962. The Kier molecular flexibility index (Phi) is 4.42. The minimum atomic E-state index is -0.523. The average Bonchev–Trinajstić information content (AvgIpc) is 2.95. The number of carbonyl (C=O) groups excluding carboxylic acids is 1. The summed E-state index contributed by atoms with van der Waals surface area (Å²) in [6.45, 7) is 13.9. The first-order valence-corrected chi connectivity index (χ1v) is 12.4. The number of aliphatic hydroxyl groups excluding tert-OH is 2. The second-order valence-electron chi connectivity index (χ2n) is 13.2. The van der Waals surface area contributed by atoms with Crippen molar-refractivity contribution in [3.05, 3.63) is 0 Å². The molecule has 1 aliphatic heterocycles. The van der Waals surface area contributed by atoms with Crippen molar-refractivity contribution in [3.8, 4) is 0 Å². The van der Waals surface area contributed by atoms with Gasteiger partial charge in [0.1, 0.15) is 6.10 Å². The molecule has 4 heteroatoms. The van der Waals surface area contributed by atoms with Crippen molar-refractivity contribution in [2.45, 2.75) is 105 Å². The normalized spacial score (nSPS) is 59.4. The molecular weight excluding hydrogens is 376 g/mol. The van der Waals surface area contributed by atoms with Gasteiger partial charge in [0.2, 0.25) is 0 Å². The van der Waals surface area contributed by atoms with E-state index in [1.54, 1.807) is 0 Å². The van der Waals surface area contributed by atoms with E-state index >= 15 is 0 Å². The highest BCUT2D eigenvalue weighted by atomic mass is 16.6. The van der Waals surface area contributed by atoms with Gasteiger partial charge in [-0.1, -0.05) is 41.0 Å². The molecule has 30 heavy (non-hydrogen) atoms. The molecule has 0 spiro atoms. The molecular formula is C26H42O4. The molecule has 5 aliphatic rings. The predicted octanol–water partition coefficient (Wildman–Crippen LogP) is 4.56. The molecule has 0 amide bonds. The van der Waals surface area contributed by atoms with Crippen LogP contribution in [-0.4, -0.2) is 34.5 Å². The number of cyclic esters (lactones) is 1. The molecule has 5 rings (SSSR count). The molecule has 4 nitrogen and oxygen atoms in total. The molecule has 1 heterocycles. The van der Waals surface area contributed by atoms with Crippen molar-refractivity contribution < 1.29 is 19.7 Å². The Balaban J connectivity index is 1.59. The number of fused-ring (bicyclic) bond motifs is 7. The van der Waals surface area contributed by atoms with Gasteiger partial charge in [-0.25, -0.2) is 0 Å². The van der Waals surface area contributed by atoms with E-state index in [-0.39, 0.29) is 40.7 Å². The predicted molar refractivity (Wildman–Crippen MR) is 115 cm³/mol. The van der Waals surface area contributed by atoms with Crippen molar-refractivity contribution >= 4 is 5.97 Å². The summed E-state index contributed by atoms with van der Waals surface area (Å²) < 4.78 is 5.63. The van der Waals surface area contributed by atoms with Crippen molar-refractivity contribution in [2.24, 2.45) is 51.2 Å². The highest BCUT2D eigenvalue weighted by molar-refractivity contribution is 5.77. The molecule has 4 saturated carbocycles. The number of ether oxygens (including phenoxy) is 1. The van der Waals surface area contributed by atoms with Gasteiger partial charge >= 0.3 is 5.97 Å². The van der Waals surface area contributed by atoms with Crippen LogP contribution in [0.2, 0.25) is 0 Å². The lowest BCUT2D eigenvalue weighted by molar-refractivity contribution is -0.257. The highest BCUT2D eigenvalue weighted by Gasteiger charge is 2.72. The van der Waals surface area contributed by atoms with E-state index in [1.807, 2.05) is 6.92 Å². The van der Waals surface area contributed by atoms with Crippen LogP contribution in [0.4, 0.5) is 0 Å². The summed E-state index contributed by atoms with van der Waals surface area (Å²) in [4.78, 5) is 13.0. The molecule has 170 valence electrons. The Morgan fingerprint density at radius 1 is 0.900 bits per heavy atom. The maximum Gasteiger partial charge on any atom is 0.310 e. The lowest BCUT2D eigenvalue weighted by atomic mass is 9.34. The van der Waals surface area contributed by atoms with Gasteiger partial charge in [0, 0.05) is 11.3 Å². The first-order valence-electron chi connectivity index (χ1n) is 12.4. The molecule has 5 fully saturated rings. The Morgan fingerprint density at radius 3 is 2.27 bits per heavy atom. The number of carbonyl (C=O) groups is 1. The van der Waals surface area contributed by atoms with Crippen LogP contribution < -0.4 is 0 Å². The van der Waals surface area contributed by atoms with E-state index < -0.39 is 17.6 Å². The first-order chi connectivity index (χ1) is 13.9. The molecule has 0 bridgehead atoms. The minimum absolute atomic E-state index is 0.0463. The molecule has 0 aromatic heterocycles. The number of hydrogen-bond donors (Lipinski definition) is 2. The number of hydrogen-bond acceptors (Lipinski definition) is 4. The van der Waals surface area contributed by atoms with Gasteiger partial charge in [-0.05, 0) is 79.4 Å². The fourth-order valence-corrected chi connectivity index (χ4v) is 10.4. The van der Waals surface area contributed by atoms with Gasteiger partial charge in [0.05, 0.1) is 18.1 Å². The minimum Gasteiger partial charge on any atom is -0.462 e. The van der Waals surface area contributed by atoms with E-state index in [9.17, 15) is 15.0 Å². The van der Waals surface area contributed by atoms with Gasteiger partial charge in [0.25, 0.3) is 0 Å². The smallest absolute Gasteiger partial charge is 0.310 e. The van der Waals surface area contributed by atoms with Crippen molar-refractivity contribution in [1.82, 2.24) is 0 Å². The lowest BCUT2D eigenvalue weighted by Crippen LogP contribution is -2.69. The van der Waals surface area contributed by atoms with Crippen molar-refractivity contribution in [1.29, 1.82) is 0 Å². The molecule has 0 aromatic rings.